The normalized spacial score (nSPS) is 17.8. The van der Waals surface area contributed by atoms with E-state index in [2.05, 4.69) is 25.4 Å². The first kappa shape index (κ1) is 26.4. The molecule has 2 aromatic heterocycles. The summed E-state index contributed by atoms with van der Waals surface area (Å²) < 4.78 is 31.9. The molecule has 0 bridgehead atoms. The first-order valence-corrected chi connectivity index (χ1v) is 12.5. The third-order valence-electron chi connectivity index (χ3n) is 5.24. The SMILES string of the molecule is C[C@H]1[C@@H](NC(=O)C(=NOCc2nc3cc(O)c(O)cc3nc2C(=O)O)c2csc(N)n2)C(=O)N1S(=O)(=O)O. The summed E-state index contributed by atoms with van der Waals surface area (Å²) in [6.07, 6.45) is 0. The number of fused-ring (bicyclic) bond motifs is 1. The zero-order valence-electron chi connectivity index (χ0n) is 19.0. The Labute approximate surface area is 216 Å². The number of nitrogens with one attached hydrogen (secondary N) is 1. The van der Waals surface area contributed by atoms with E-state index >= 15 is 0 Å². The number of thiazole rings is 1. The summed E-state index contributed by atoms with van der Waals surface area (Å²) in [5.74, 6) is -4.64. The monoisotopic (exact) mass is 567 g/mol. The van der Waals surface area contributed by atoms with Gasteiger partial charge in [-0.25, -0.2) is 24.1 Å². The highest BCUT2D eigenvalue weighted by molar-refractivity contribution is 7.84. The van der Waals surface area contributed by atoms with E-state index in [9.17, 15) is 38.1 Å². The molecule has 2 amide bonds. The van der Waals surface area contributed by atoms with Crippen LogP contribution in [0.3, 0.4) is 0 Å². The van der Waals surface area contributed by atoms with Crippen molar-refractivity contribution in [2.24, 2.45) is 5.16 Å². The van der Waals surface area contributed by atoms with Gasteiger partial charge in [0.1, 0.15) is 17.4 Å². The number of carbonyl (C=O) groups is 3. The summed E-state index contributed by atoms with van der Waals surface area (Å²) in [6, 6.07) is -0.348. The van der Waals surface area contributed by atoms with Crippen molar-refractivity contribution >= 4 is 61.3 Å². The molecule has 3 heterocycles. The number of amides is 2. The van der Waals surface area contributed by atoms with Crippen molar-refractivity contribution in [3.8, 4) is 11.5 Å². The topological polar surface area (TPSA) is 268 Å². The lowest BCUT2D eigenvalue weighted by Gasteiger charge is -2.42. The quantitative estimate of drug-likeness (QED) is 0.0641. The molecule has 3 aromatic rings. The molecule has 0 radical (unpaired) electrons. The Kier molecular flexibility index (Phi) is 6.74. The third kappa shape index (κ3) is 4.96. The molecule has 1 saturated heterocycles. The van der Waals surface area contributed by atoms with E-state index < -0.39 is 69.7 Å². The summed E-state index contributed by atoms with van der Waals surface area (Å²) in [5, 5.41) is 36.2. The number of aromatic hydroxyl groups is 2. The summed E-state index contributed by atoms with van der Waals surface area (Å²) in [6.45, 7) is 0.648. The van der Waals surface area contributed by atoms with Crippen molar-refractivity contribution in [3.05, 3.63) is 34.6 Å². The van der Waals surface area contributed by atoms with Crippen LogP contribution in [0.5, 0.6) is 11.5 Å². The zero-order valence-corrected chi connectivity index (χ0v) is 20.6. The van der Waals surface area contributed by atoms with Gasteiger partial charge < -0.3 is 31.2 Å². The Hall–Kier alpha value is -4.62. The highest BCUT2D eigenvalue weighted by Gasteiger charge is 2.51. The van der Waals surface area contributed by atoms with Crippen LogP contribution in [-0.2, 0) is 31.3 Å². The molecule has 7 N–H and O–H groups in total. The number of nitrogens with two attached hydrogens (primary N) is 1. The second-order valence-electron chi connectivity index (χ2n) is 7.74. The van der Waals surface area contributed by atoms with Gasteiger partial charge in [0, 0.05) is 17.5 Å². The van der Waals surface area contributed by atoms with Crippen molar-refractivity contribution < 1.29 is 47.5 Å². The molecule has 17 nitrogen and oxygen atoms in total. The lowest BCUT2D eigenvalue weighted by Crippen LogP contribution is -2.71. The van der Waals surface area contributed by atoms with E-state index in [0.717, 1.165) is 23.5 Å². The van der Waals surface area contributed by atoms with Gasteiger partial charge in [0.25, 0.3) is 11.8 Å². The van der Waals surface area contributed by atoms with Gasteiger partial charge in [0.15, 0.2) is 34.6 Å². The second-order valence-corrected chi connectivity index (χ2v) is 9.92. The molecule has 0 saturated carbocycles. The number of nitrogen functional groups attached to an aromatic ring is 1. The predicted molar refractivity (Wildman–Crippen MR) is 127 cm³/mol. The van der Waals surface area contributed by atoms with Gasteiger partial charge in [-0.1, -0.05) is 5.16 Å². The van der Waals surface area contributed by atoms with Crippen LogP contribution in [0, 0.1) is 0 Å². The standard InChI is InChI=1S/C19H17N7O10S2/c1-6-13(17(30)26(6)38(33,34)35)24-16(29)14(10-5-37-19(20)23-10)25-36-4-9-15(18(31)32)22-8-3-12(28)11(27)2-7(8)21-9/h2-3,5-6,13,27-28H,4H2,1H3,(H2,20,23)(H,24,29)(H,31,32)(H,33,34,35)/t6-,13+/m0/s1. The Bertz CT molecular complexity index is 1620. The maximum Gasteiger partial charge on any atom is 0.362 e. The Morgan fingerprint density at radius 3 is 2.37 bits per heavy atom. The summed E-state index contributed by atoms with van der Waals surface area (Å²) in [7, 11) is -4.82. The molecule has 1 aliphatic rings. The molecule has 19 heteroatoms. The van der Waals surface area contributed by atoms with Crippen molar-refractivity contribution in [2.45, 2.75) is 25.6 Å². The van der Waals surface area contributed by atoms with E-state index in [1.807, 2.05) is 0 Å². The van der Waals surface area contributed by atoms with Gasteiger partial charge in [-0.3, -0.25) is 14.1 Å². The zero-order chi connectivity index (χ0) is 27.9. The number of hydrogen-bond acceptors (Lipinski definition) is 14. The number of β-lactam (4-membered cyclic amide) rings is 1. The largest absolute Gasteiger partial charge is 0.504 e. The summed E-state index contributed by atoms with van der Waals surface area (Å²) in [5.41, 5.74) is 4.26. The van der Waals surface area contributed by atoms with Crippen LogP contribution in [0.2, 0.25) is 0 Å². The number of aromatic carboxylic acids is 1. The van der Waals surface area contributed by atoms with Crippen LogP contribution < -0.4 is 11.1 Å². The van der Waals surface area contributed by atoms with Crippen LogP contribution >= 0.6 is 11.3 Å². The van der Waals surface area contributed by atoms with E-state index in [1.54, 1.807) is 0 Å². The second kappa shape index (κ2) is 9.68. The predicted octanol–water partition coefficient (Wildman–Crippen LogP) is -0.783. The van der Waals surface area contributed by atoms with E-state index in [-0.39, 0.29) is 31.9 Å². The van der Waals surface area contributed by atoms with Gasteiger partial charge in [0.05, 0.1) is 17.1 Å². The number of oxime groups is 1. The highest BCUT2D eigenvalue weighted by atomic mass is 32.2. The minimum absolute atomic E-state index is 0.0267. The number of anilines is 1. The number of phenolic OH excluding ortho intramolecular Hbond substituents is 2. The molecular formula is C19H17N7O10S2. The number of nitrogens with zero attached hydrogens (tertiary/aromatic N) is 5. The van der Waals surface area contributed by atoms with E-state index in [4.69, 9.17) is 15.1 Å². The molecule has 2 atom stereocenters. The van der Waals surface area contributed by atoms with Gasteiger partial charge in [-0.05, 0) is 6.92 Å². The van der Waals surface area contributed by atoms with Crippen LogP contribution in [0.25, 0.3) is 11.0 Å². The van der Waals surface area contributed by atoms with Crippen LogP contribution in [0.15, 0.2) is 22.7 Å². The maximum absolute atomic E-state index is 12.9. The first-order valence-electron chi connectivity index (χ1n) is 10.3. The third-order valence-corrected chi connectivity index (χ3v) is 6.93. The highest BCUT2D eigenvalue weighted by Crippen LogP contribution is 2.29. The van der Waals surface area contributed by atoms with E-state index in [0.29, 0.717) is 0 Å². The molecule has 1 fully saturated rings. The Balaban J connectivity index is 1.60. The number of aromatic nitrogens is 3. The van der Waals surface area contributed by atoms with Crippen molar-refractivity contribution in [1.82, 2.24) is 24.6 Å². The minimum atomic E-state index is -4.82. The molecule has 4 rings (SSSR count). The van der Waals surface area contributed by atoms with Gasteiger partial charge in [-0.15, -0.1) is 11.3 Å². The Morgan fingerprint density at radius 2 is 1.84 bits per heavy atom. The van der Waals surface area contributed by atoms with Crippen LogP contribution in [-0.4, -0.2) is 83.1 Å². The fourth-order valence-electron chi connectivity index (χ4n) is 3.46. The number of carboxylic acids is 1. The smallest absolute Gasteiger partial charge is 0.362 e. The van der Waals surface area contributed by atoms with E-state index in [1.165, 1.54) is 12.3 Å². The fourth-order valence-corrected chi connectivity index (χ4v) is 4.89. The average molecular weight is 568 g/mol. The molecule has 1 aromatic carbocycles. The van der Waals surface area contributed by atoms with Gasteiger partial charge >= 0.3 is 16.3 Å². The van der Waals surface area contributed by atoms with Crippen LogP contribution in [0.1, 0.15) is 28.8 Å². The number of benzene rings is 1. The fraction of sp³-hybridized carbons (Fsp3) is 0.211. The number of rotatable bonds is 8. The van der Waals surface area contributed by atoms with Crippen LogP contribution in [0.4, 0.5) is 5.13 Å². The molecular weight excluding hydrogens is 550 g/mol. The molecule has 0 spiro atoms. The lowest BCUT2D eigenvalue weighted by molar-refractivity contribution is -0.143. The molecule has 200 valence electrons. The van der Waals surface area contributed by atoms with Crippen molar-refractivity contribution in [3.63, 3.8) is 0 Å². The number of carbonyl (C=O) groups excluding carboxylic acids is 2. The molecule has 0 unspecified atom stereocenters. The average Bonchev–Trinajstić information content (AvgIpc) is 3.25. The molecule has 1 aliphatic heterocycles. The molecule has 38 heavy (non-hydrogen) atoms. The number of phenols is 2. The van der Waals surface area contributed by atoms with Crippen molar-refractivity contribution in [1.29, 1.82) is 0 Å². The summed E-state index contributed by atoms with van der Waals surface area (Å²) >= 11 is 0.952. The lowest BCUT2D eigenvalue weighted by atomic mass is 10.0. The Morgan fingerprint density at radius 1 is 1.21 bits per heavy atom. The summed E-state index contributed by atoms with van der Waals surface area (Å²) in [4.78, 5) is 53.8. The minimum Gasteiger partial charge on any atom is -0.504 e. The molecule has 0 aliphatic carbocycles. The van der Waals surface area contributed by atoms with Gasteiger partial charge in [-0.2, -0.15) is 8.42 Å². The number of hydrogen-bond donors (Lipinski definition) is 6. The first-order chi connectivity index (χ1) is 17.8. The van der Waals surface area contributed by atoms with Gasteiger partial charge in [0.2, 0.25) is 0 Å². The maximum atomic E-state index is 12.9. The van der Waals surface area contributed by atoms with Crippen molar-refractivity contribution in [2.75, 3.05) is 5.73 Å². The number of carboxylic acid groups (broad SMARTS) is 1.